The van der Waals surface area contributed by atoms with Crippen molar-refractivity contribution in [3.05, 3.63) is 58.7 Å². The van der Waals surface area contributed by atoms with Gasteiger partial charge in [-0.2, -0.15) is 0 Å². The summed E-state index contributed by atoms with van der Waals surface area (Å²) < 4.78 is 5.43. The number of ether oxygens (including phenoxy) is 1. The van der Waals surface area contributed by atoms with Crippen LogP contribution in [0.15, 0.2) is 36.4 Å². The minimum atomic E-state index is -0.0867. The first kappa shape index (κ1) is 16.1. The van der Waals surface area contributed by atoms with Gasteiger partial charge in [0.2, 0.25) is 0 Å². The summed E-state index contributed by atoms with van der Waals surface area (Å²) in [5, 5.41) is 2.99. The molecule has 3 nitrogen and oxygen atoms in total. The summed E-state index contributed by atoms with van der Waals surface area (Å²) in [7, 11) is 1.66. The van der Waals surface area contributed by atoms with Crippen molar-refractivity contribution in [1.82, 2.24) is 0 Å². The van der Waals surface area contributed by atoms with E-state index in [1.165, 1.54) is 0 Å². The highest BCUT2D eigenvalue weighted by Crippen LogP contribution is 2.30. The van der Waals surface area contributed by atoms with Crippen molar-refractivity contribution in [1.29, 1.82) is 0 Å². The van der Waals surface area contributed by atoms with Gasteiger partial charge in [0.15, 0.2) is 0 Å². The highest BCUT2D eigenvalue weighted by molar-refractivity contribution is 6.05. The number of carbonyl (C=O) groups excluding carboxylic acids is 1. The molecule has 0 bridgehead atoms. The van der Waals surface area contributed by atoms with Crippen molar-refractivity contribution in [2.45, 2.75) is 33.6 Å². The average Bonchev–Trinajstić information content (AvgIpc) is 2.48. The fourth-order valence-corrected chi connectivity index (χ4v) is 2.47. The summed E-state index contributed by atoms with van der Waals surface area (Å²) in [6.45, 7) is 8.10. The van der Waals surface area contributed by atoms with Gasteiger partial charge in [-0.1, -0.05) is 32.0 Å². The largest absolute Gasteiger partial charge is 0.496 e. The molecule has 1 amide bonds. The Morgan fingerprint density at radius 3 is 2.36 bits per heavy atom. The lowest BCUT2D eigenvalue weighted by Gasteiger charge is -2.16. The molecule has 22 heavy (non-hydrogen) atoms. The molecular formula is C19H23NO2. The molecule has 0 atom stereocenters. The van der Waals surface area contributed by atoms with Crippen LogP contribution in [0.25, 0.3) is 0 Å². The van der Waals surface area contributed by atoms with Crippen LogP contribution in [-0.4, -0.2) is 13.0 Å². The maximum absolute atomic E-state index is 12.6. The number of para-hydroxylation sites is 1. The van der Waals surface area contributed by atoms with Crippen LogP contribution >= 0.6 is 0 Å². The molecule has 0 saturated carbocycles. The minimum Gasteiger partial charge on any atom is -0.496 e. The topological polar surface area (TPSA) is 38.3 Å². The highest BCUT2D eigenvalue weighted by Gasteiger charge is 2.16. The van der Waals surface area contributed by atoms with Gasteiger partial charge in [-0.25, -0.2) is 0 Å². The number of carbonyl (C=O) groups is 1. The first-order valence-electron chi connectivity index (χ1n) is 7.49. The van der Waals surface area contributed by atoms with Crippen LogP contribution in [0, 0.1) is 13.8 Å². The molecule has 2 aromatic rings. The lowest BCUT2D eigenvalue weighted by atomic mass is 9.96. The van der Waals surface area contributed by atoms with Gasteiger partial charge < -0.3 is 10.1 Å². The van der Waals surface area contributed by atoms with Crippen molar-refractivity contribution in [2.75, 3.05) is 12.4 Å². The third kappa shape index (κ3) is 3.30. The van der Waals surface area contributed by atoms with Crippen LogP contribution in [0.5, 0.6) is 5.75 Å². The second kappa shape index (κ2) is 6.65. The number of rotatable bonds is 4. The maximum atomic E-state index is 12.6. The SMILES string of the molecule is COc1cc(C)c(C(=O)Nc2ccccc2C)cc1C(C)C. The number of anilines is 1. The number of nitrogens with one attached hydrogen (secondary N) is 1. The third-order valence-electron chi connectivity index (χ3n) is 3.84. The molecule has 0 radical (unpaired) electrons. The average molecular weight is 297 g/mol. The van der Waals surface area contributed by atoms with E-state index in [0.29, 0.717) is 11.5 Å². The Labute approximate surface area is 132 Å². The molecule has 0 aliphatic heterocycles. The smallest absolute Gasteiger partial charge is 0.255 e. The second-order valence-corrected chi connectivity index (χ2v) is 5.83. The summed E-state index contributed by atoms with van der Waals surface area (Å²) in [5.41, 5.74) is 4.53. The summed E-state index contributed by atoms with van der Waals surface area (Å²) in [6, 6.07) is 11.6. The molecule has 0 saturated heterocycles. The minimum absolute atomic E-state index is 0.0867. The van der Waals surface area contributed by atoms with Crippen molar-refractivity contribution >= 4 is 11.6 Å². The molecule has 116 valence electrons. The molecule has 2 rings (SSSR count). The molecule has 0 aliphatic carbocycles. The molecule has 0 spiro atoms. The number of hydrogen-bond donors (Lipinski definition) is 1. The van der Waals surface area contributed by atoms with Crippen molar-refractivity contribution < 1.29 is 9.53 Å². The monoisotopic (exact) mass is 297 g/mol. The zero-order valence-corrected chi connectivity index (χ0v) is 13.9. The van der Waals surface area contributed by atoms with E-state index in [-0.39, 0.29) is 5.91 Å². The summed E-state index contributed by atoms with van der Waals surface area (Å²) in [4.78, 5) is 12.6. The van der Waals surface area contributed by atoms with Crippen molar-refractivity contribution in [2.24, 2.45) is 0 Å². The van der Waals surface area contributed by atoms with Crippen LogP contribution in [0.2, 0.25) is 0 Å². The lowest BCUT2D eigenvalue weighted by Crippen LogP contribution is -2.15. The van der Waals surface area contributed by atoms with Gasteiger partial charge in [0.1, 0.15) is 5.75 Å². The quantitative estimate of drug-likeness (QED) is 0.889. The molecular weight excluding hydrogens is 274 g/mol. The molecule has 0 aromatic heterocycles. The lowest BCUT2D eigenvalue weighted by molar-refractivity contribution is 0.102. The Hall–Kier alpha value is -2.29. The number of methoxy groups -OCH3 is 1. The van der Waals surface area contributed by atoms with Crippen LogP contribution < -0.4 is 10.1 Å². The molecule has 0 unspecified atom stereocenters. The Morgan fingerprint density at radius 2 is 1.77 bits per heavy atom. The van der Waals surface area contributed by atoms with Crippen LogP contribution in [0.1, 0.15) is 46.8 Å². The fraction of sp³-hybridized carbons (Fsp3) is 0.316. The highest BCUT2D eigenvalue weighted by atomic mass is 16.5. The first-order chi connectivity index (χ1) is 10.4. The molecule has 1 N–H and O–H groups in total. The zero-order chi connectivity index (χ0) is 16.3. The van der Waals surface area contributed by atoms with Gasteiger partial charge in [-0.05, 0) is 54.7 Å². The Balaban J connectivity index is 2.37. The van der Waals surface area contributed by atoms with Gasteiger partial charge in [-0.15, -0.1) is 0 Å². The number of amides is 1. The maximum Gasteiger partial charge on any atom is 0.255 e. The van der Waals surface area contributed by atoms with Crippen LogP contribution in [0.4, 0.5) is 5.69 Å². The fourth-order valence-electron chi connectivity index (χ4n) is 2.47. The molecule has 2 aromatic carbocycles. The van der Waals surface area contributed by atoms with Gasteiger partial charge in [-0.3, -0.25) is 4.79 Å². The predicted octanol–water partition coefficient (Wildman–Crippen LogP) is 4.69. The molecule has 0 aliphatic rings. The van der Waals surface area contributed by atoms with Gasteiger partial charge in [0.25, 0.3) is 5.91 Å². The van der Waals surface area contributed by atoms with Crippen molar-refractivity contribution in [3.8, 4) is 5.75 Å². The van der Waals surface area contributed by atoms with E-state index in [2.05, 4.69) is 19.2 Å². The second-order valence-electron chi connectivity index (χ2n) is 5.83. The van der Waals surface area contributed by atoms with Gasteiger partial charge in [0.05, 0.1) is 7.11 Å². The third-order valence-corrected chi connectivity index (χ3v) is 3.84. The summed E-state index contributed by atoms with van der Waals surface area (Å²) >= 11 is 0. The molecule has 3 heteroatoms. The van der Waals surface area contributed by atoms with Crippen molar-refractivity contribution in [3.63, 3.8) is 0 Å². The Morgan fingerprint density at radius 1 is 1.09 bits per heavy atom. The van der Waals surface area contributed by atoms with E-state index in [4.69, 9.17) is 4.74 Å². The van der Waals surface area contributed by atoms with E-state index in [1.54, 1.807) is 7.11 Å². The van der Waals surface area contributed by atoms with E-state index in [9.17, 15) is 4.79 Å². The summed E-state index contributed by atoms with van der Waals surface area (Å²) in [5.74, 6) is 1.04. The zero-order valence-electron chi connectivity index (χ0n) is 13.9. The molecule has 0 fully saturated rings. The molecule has 0 heterocycles. The van der Waals surface area contributed by atoms with Crippen LogP contribution in [0.3, 0.4) is 0 Å². The standard InChI is InChI=1S/C19H23NO2/c1-12(2)15-11-16(14(4)10-18(15)22-5)19(21)20-17-9-7-6-8-13(17)3/h6-12H,1-5H3,(H,20,21). The first-order valence-corrected chi connectivity index (χ1v) is 7.49. The van der Waals surface area contributed by atoms with E-state index in [1.807, 2.05) is 50.2 Å². The van der Waals surface area contributed by atoms with E-state index >= 15 is 0 Å². The predicted molar refractivity (Wildman–Crippen MR) is 91.0 cm³/mol. The van der Waals surface area contributed by atoms with E-state index < -0.39 is 0 Å². The van der Waals surface area contributed by atoms with Gasteiger partial charge in [0, 0.05) is 11.3 Å². The summed E-state index contributed by atoms with van der Waals surface area (Å²) in [6.07, 6.45) is 0. The Kier molecular flexibility index (Phi) is 4.86. The number of benzene rings is 2. The van der Waals surface area contributed by atoms with Crippen LogP contribution in [-0.2, 0) is 0 Å². The number of hydrogen-bond acceptors (Lipinski definition) is 2. The van der Waals surface area contributed by atoms with Gasteiger partial charge >= 0.3 is 0 Å². The van der Waals surface area contributed by atoms with E-state index in [0.717, 1.165) is 28.1 Å². The number of aryl methyl sites for hydroxylation is 2. The normalized spacial score (nSPS) is 10.6. The Bertz CT molecular complexity index is 690.